The lowest BCUT2D eigenvalue weighted by molar-refractivity contribution is 0.292. The molecule has 3 aromatic carbocycles. The molecule has 0 bridgehead atoms. The average molecular weight is 765 g/mol. The molecule has 0 aliphatic carbocycles. The van der Waals surface area contributed by atoms with Crippen molar-refractivity contribution in [1.82, 2.24) is 0 Å². The highest BCUT2D eigenvalue weighted by Crippen LogP contribution is 2.44. The van der Waals surface area contributed by atoms with Gasteiger partial charge in [0.25, 0.3) is 0 Å². The summed E-state index contributed by atoms with van der Waals surface area (Å²) < 4.78 is 7.26. The van der Waals surface area contributed by atoms with Gasteiger partial charge >= 0.3 is 0 Å². The molecule has 0 amide bonds. The van der Waals surface area contributed by atoms with Gasteiger partial charge in [0, 0.05) is 16.6 Å². The van der Waals surface area contributed by atoms with E-state index in [2.05, 4.69) is 196 Å². The average Bonchev–Trinajstić information content (AvgIpc) is 2.90. The molecule has 0 saturated carbocycles. The van der Waals surface area contributed by atoms with Crippen molar-refractivity contribution in [2.75, 3.05) is 0 Å². The Hall–Kier alpha value is -2.63. The summed E-state index contributed by atoms with van der Waals surface area (Å²) in [6.07, 6.45) is 2.61. The van der Waals surface area contributed by atoms with Gasteiger partial charge in [0.05, 0.1) is 20.9 Å². The van der Waals surface area contributed by atoms with Gasteiger partial charge < -0.3 is 4.43 Å². The van der Waals surface area contributed by atoms with E-state index >= 15 is 0 Å². The van der Waals surface area contributed by atoms with Crippen molar-refractivity contribution >= 4 is 41.8 Å². The summed E-state index contributed by atoms with van der Waals surface area (Å²) in [4.78, 5) is 0. The Kier molecular flexibility index (Phi) is 13.1. The largest absolute Gasteiger partial charge is 0.546 e. The molecule has 0 fully saturated rings. The molecule has 0 atom stereocenters. The molecule has 5 heteroatoms. The highest BCUT2D eigenvalue weighted by molar-refractivity contribution is 7.71. The number of hydrogen-bond donors (Lipinski definition) is 0. The fourth-order valence-electron chi connectivity index (χ4n) is 8.75. The van der Waals surface area contributed by atoms with Crippen LogP contribution in [0.15, 0.2) is 48.2 Å². The van der Waals surface area contributed by atoms with Crippen LogP contribution in [0.4, 0.5) is 0 Å². The lowest BCUT2D eigenvalue weighted by Gasteiger charge is -2.47. The highest BCUT2D eigenvalue weighted by atomic mass is 29.6. The minimum Gasteiger partial charge on any atom is -0.546 e. The summed E-state index contributed by atoms with van der Waals surface area (Å²) in [5.74, 6) is 5.09. The Labute approximate surface area is 324 Å². The van der Waals surface area contributed by atoms with Crippen LogP contribution < -0.4 is 0 Å². The molecule has 0 radical (unpaired) electrons. The van der Waals surface area contributed by atoms with Gasteiger partial charge in [-0.2, -0.15) is 0 Å². The van der Waals surface area contributed by atoms with Crippen LogP contribution >= 0.6 is 0 Å². The van der Waals surface area contributed by atoms with Crippen LogP contribution in [0.2, 0.25) is 65.0 Å². The molecule has 3 aromatic rings. The normalized spacial score (nSPS) is 13.8. The summed E-state index contributed by atoms with van der Waals surface area (Å²) in [7, 11) is -7.93. The fraction of sp³-hybridized carbons (Fsp3) is 0.489. The Balaban J connectivity index is 2.70. The van der Waals surface area contributed by atoms with E-state index in [0.717, 1.165) is 11.8 Å². The van der Waals surface area contributed by atoms with E-state index in [-0.39, 0.29) is 5.41 Å². The van der Waals surface area contributed by atoms with E-state index in [9.17, 15) is 0 Å². The Morgan fingerprint density at radius 3 is 1.29 bits per heavy atom. The first kappa shape index (κ1) is 43.8. The van der Waals surface area contributed by atoms with Gasteiger partial charge in [-0.15, -0.1) is 5.54 Å². The zero-order valence-electron chi connectivity index (χ0n) is 37.2. The topological polar surface area (TPSA) is 9.23 Å². The predicted molar refractivity (Wildman–Crippen MR) is 245 cm³/mol. The van der Waals surface area contributed by atoms with Crippen LogP contribution in [0, 0.1) is 79.2 Å². The number of benzene rings is 3. The van der Waals surface area contributed by atoms with Gasteiger partial charge in [-0.25, -0.2) is 0 Å². The number of rotatable bonds is 9. The first-order valence-corrected chi connectivity index (χ1v) is 34.0. The van der Waals surface area contributed by atoms with Gasteiger partial charge in [0.1, 0.15) is 7.11 Å². The van der Waals surface area contributed by atoms with Crippen molar-refractivity contribution in [3.8, 4) is 11.5 Å². The smallest absolute Gasteiger partial charge is 0.241 e. The second-order valence-corrected chi connectivity index (χ2v) is 51.5. The van der Waals surface area contributed by atoms with Crippen LogP contribution in [0.3, 0.4) is 0 Å². The number of allylic oxidation sites excluding steroid dienone is 4. The van der Waals surface area contributed by atoms with Crippen molar-refractivity contribution in [3.63, 3.8) is 0 Å². The summed E-state index contributed by atoms with van der Waals surface area (Å²) in [5, 5.41) is 0. The maximum Gasteiger partial charge on any atom is 0.241 e. The second kappa shape index (κ2) is 15.6. The Morgan fingerprint density at radius 2 is 0.942 bits per heavy atom. The molecule has 0 aromatic heterocycles. The first-order valence-electron chi connectivity index (χ1n) is 19.4. The molecule has 52 heavy (non-hydrogen) atoms. The van der Waals surface area contributed by atoms with Crippen LogP contribution in [0.5, 0.6) is 0 Å². The van der Waals surface area contributed by atoms with Crippen LogP contribution in [0.1, 0.15) is 87.5 Å². The molecule has 1 nitrogen and oxygen atoms in total. The van der Waals surface area contributed by atoms with Crippen molar-refractivity contribution in [2.24, 2.45) is 5.41 Å². The van der Waals surface area contributed by atoms with Gasteiger partial charge in [0.2, 0.25) is 8.32 Å². The van der Waals surface area contributed by atoms with Crippen molar-refractivity contribution < 1.29 is 4.43 Å². The SMILES string of the molecule is Cc1cc(C)c(C#C[Si](C/C(=C\C(=C(/O[Si](C)(C)C)C(C)(C)C)c2c(C)cc(C)cc2C)c2c(C)cc(C)cc2C)([Si](C)(C)C)[Si](C)(C)C)c(C)c1. The van der Waals surface area contributed by atoms with Crippen LogP contribution in [-0.4, -0.2) is 30.6 Å². The molecule has 0 saturated heterocycles. The summed E-state index contributed by atoms with van der Waals surface area (Å²) in [5.41, 5.74) is 22.7. The van der Waals surface area contributed by atoms with Crippen molar-refractivity contribution in [3.05, 3.63) is 115 Å². The molecule has 282 valence electrons. The minimum atomic E-state index is -2.28. The zero-order valence-corrected chi connectivity index (χ0v) is 41.2. The maximum absolute atomic E-state index is 7.26. The standard InChI is InChI=1S/C47H72OSi4/c1-32-24-35(4)42(36(5)25-32)22-23-52(50(16,17)18,51(19,20)21)31-41(44-37(6)26-33(2)27-38(44)7)30-43(45-39(8)28-34(3)29-40(45)9)46(47(10,11)12)48-49(13,14)15/h24-30H,31H2,1-21H3/b41-30+,46-43+. The third-order valence-electron chi connectivity index (χ3n) is 10.7. The van der Waals surface area contributed by atoms with Gasteiger partial charge in [0.15, 0.2) is 0 Å². The molecule has 0 unspecified atom stereocenters. The third-order valence-corrected chi connectivity index (χ3v) is 48.8. The highest BCUT2D eigenvalue weighted by Gasteiger charge is 2.54. The minimum absolute atomic E-state index is 0.190. The quantitative estimate of drug-likeness (QED) is 0.0912. The van der Waals surface area contributed by atoms with Crippen molar-refractivity contribution in [1.29, 1.82) is 0 Å². The molecule has 0 N–H and O–H groups in total. The zero-order chi connectivity index (χ0) is 39.9. The van der Waals surface area contributed by atoms with E-state index in [1.165, 1.54) is 77.9 Å². The Bertz CT molecular complexity index is 1870. The summed E-state index contributed by atoms with van der Waals surface area (Å²) in [6, 6.07) is 15.2. The predicted octanol–water partition coefficient (Wildman–Crippen LogP) is 14.0. The molecule has 0 spiro atoms. The van der Waals surface area contributed by atoms with Gasteiger partial charge in [-0.1, -0.05) is 119 Å². The molecular formula is C47H72OSi4. The van der Waals surface area contributed by atoms with E-state index in [1.807, 2.05) is 0 Å². The summed E-state index contributed by atoms with van der Waals surface area (Å²) >= 11 is 0. The molecule has 0 heterocycles. The number of aryl methyl sites for hydroxylation is 9. The third kappa shape index (κ3) is 9.91. The van der Waals surface area contributed by atoms with E-state index in [1.54, 1.807) is 0 Å². The first-order chi connectivity index (χ1) is 23.5. The molecular weight excluding hydrogens is 693 g/mol. The Morgan fingerprint density at radius 1 is 0.577 bits per heavy atom. The van der Waals surface area contributed by atoms with E-state index < -0.39 is 30.6 Å². The van der Waals surface area contributed by atoms with Crippen LogP contribution in [0.25, 0.3) is 11.1 Å². The van der Waals surface area contributed by atoms with Gasteiger partial charge in [-0.3, -0.25) is 0 Å². The number of hydrogen-bond acceptors (Lipinski definition) is 1. The fourth-order valence-corrected chi connectivity index (χ4v) is 49.1. The lowest BCUT2D eigenvalue weighted by Crippen LogP contribution is -2.71. The molecule has 0 aliphatic heterocycles. The van der Waals surface area contributed by atoms with E-state index in [0.29, 0.717) is 0 Å². The monoisotopic (exact) mass is 764 g/mol. The van der Waals surface area contributed by atoms with Crippen molar-refractivity contribution in [2.45, 2.75) is 148 Å². The summed E-state index contributed by atoms with van der Waals surface area (Å²) in [6.45, 7) is 50.1. The maximum atomic E-state index is 7.26. The molecule has 0 aliphatic rings. The molecule has 3 rings (SSSR count). The lowest BCUT2D eigenvalue weighted by atomic mass is 9.83. The van der Waals surface area contributed by atoms with Crippen LogP contribution in [-0.2, 0) is 4.43 Å². The second-order valence-electron chi connectivity index (χ2n) is 20.0. The van der Waals surface area contributed by atoms with Gasteiger partial charge in [-0.05, 0) is 144 Å². The van der Waals surface area contributed by atoms with E-state index in [4.69, 9.17) is 4.43 Å².